The molecule has 13 heavy (non-hydrogen) atoms. The molecule has 0 rings (SSSR count). The van der Waals surface area contributed by atoms with Gasteiger partial charge in [0.15, 0.2) is 0 Å². The third-order valence-corrected chi connectivity index (χ3v) is 0. The van der Waals surface area contributed by atoms with Crippen molar-refractivity contribution in [1.82, 2.24) is 0 Å². The number of aliphatic hydroxyl groups excluding tert-OH is 3. The van der Waals surface area contributed by atoms with Crippen LogP contribution in [0.4, 0.5) is 0 Å². The van der Waals surface area contributed by atoms with Gasteiger partial charge in [0.1, 0.15) is 0 Å². The van der Waals surface area contributed by atoms with Crippen molar-refractivity contribution in [2.24, 2.45) is 0 Å². The molecule has 0 saturated carbocycles. The van der Waals surface area contributed by atoms with E-state index < -0.39 is 0 Å². The predicted molar refractivity (Wildman–Crippen MR) is 57.8 cm³/mol. The van der Waals surface area contributed by atoms with E-state index in [1.165, 1.54) is 0 Å². The molecule has 0 unspecified atom stereocenters. The zero-order valence-corrected chi connectivity index (χ0v) is 13.3. The number of rotatable bonds is 0. The molecule has 3 N–H and O–H groups in total. The Balaban J connectivity index is -0.0000000450. The van der Waals surface area contributed by atoms with Crippen LogP contribution in [0.25, 0.3) is 0 Å². The van der Waals surface area contributed by atoms with Crippen molar-refractivity contribution in [2.45, 2.75) is 59.9 Å². The van der Waals surface area contributed by atoms with Crippen molar-refractivity contribution in [3.05, 3.63) is 0 Å². The second-order valence-corrected chi connectivity index (χ2v) is 3.28. The molecule has 80 valence electrons. The van der Waals surface area contributed by atoms with E-state index in [1.807, 2.05) is 0 Å². The van der Waals surface area contributed by atoms with Crippen LogP contribution in [0.15, 0.2) is 0 Å². The fourth-order valence-electron chi connectivity index (χ4n) is 0. The Morgan fingerprint density at radius 1 is 0.538 bits per heavy atom. The first-order valence-corrected chi connectivity index (χ1v) is 4.24. The largest absolute Gasteiger partial charge is 0.394 e. The van der Waals surface area contributed by atoms with Gasteiger partial charge in [-0.1, -0.05) is 0 Å². The van der Waals surface area contributed by atoms with E-state index in [4.69, 9.17) is 15.3 Å². The van der Waals surface area contributed by atoms with Gasteiger partial charge in [-0.05, 0) is 41.5 Å². The van der Waals surface area contributed by atoms with Crippen molar-refractivity contribution in [1.29, 1.82) is 0 Å². The van der Waals surface area contributed by atoms with E-state index in [0.717, 1.165) is 0 Å². The minimum Gasteiger partial charge on any atom is -0.394 e. The van der Waals surface area contributed by atoms with Crippen molar-refractivity contribution in [3.8, 4) is 0 Å². The smallest absolute Gasteiger partial charge is 0.0483 e. The third-order valence-electron chi connectivity index (χ3n) is 0. The molecule has 0 aliphatic heterocycles. The maximum absolute atomic E-state index is 8.06. The van der Waals surface area contributed by atoms with Crippen LogP contribution in [0, 0.1) is 0 Å². The summed E-state index contributed by atoms with van der Waals surface area (Å²) in [4.78, 5) is 0. The van der Waals surface area contributed by atoms with Crippen molar-refractivity contribution in [3.63, 3.8) is 0 Å². The van der Waals surface area contributed by atoms with Gasteiger partial charge in [-0.3, -0.25) is 0 Å². The molecule has 0 aromatic heterocycles. The molecule has 0 aromatic rings. The Kier molecular flexibility index (Phi) is 34.9. The normalized spacial score (nSPS) is 8.31. The van der Waals surface area contributed by atoms with E-state index in [9.17, 15) is 0 Å². The average molecular weight is 268 g/mol. The van der Waals surface area contributed by atoms with Crippen LogP contribution < -0.4 is 0 Å². The van der Waals surface area contributed by atoms with Crippen LogP contribution in [0.5, 0.6) is 0 Å². The van der Waals surface area contributed by atoms with Gasteiger partial charge in [0.05, 0.1) is 0 Å². The van der Waals surface area contributed by atoms with Crippen LogP contribution in [0.3, 0.4) is 0 Å². The predicted octanol–water partition coefficient (Wildman–Crippen LogP) is 0.780. The molecule has 2 radical (unpaired) electrons. The van der Waals surface area contributed by atoms with Crippen LogP contribution >= 0.6 is 0 Å². The van der Waals surface area contributed by atoms with Crippen LogP contribution in [-0.4, -0.2) is 79.1 Å². The van der Waals surface area contributed by atoms with Crippen LogP contribution in [0.1, 0.15) is 41.5 Å². The summed E-state index contributed by atoms with van der Waals surface area (Å²) in [6, 6.07) is 0. The molecule has 0 aromatic carbocycles. The molecule has 4 heteroatoms. The third kappa shape index (κ3) is 932. The molecule has 0 aliphatic rings. The minimum absolute atomic E-state index is 0. The van der Waals surface area contributed by atoms with Gasteiger partial charge in [0.2, 0.25) is 0 Å². The molecule has 0 saturated heterocycles. The summed E-state index contributed by atoms with van der Waals surface area (Å²) in [6.45, 7) is 10.3. The summed E-state index contributed by atoms with van der Waals surface area (Å²) >= 11 is 0. The molecule has 0 heterocycles. The van der Waals surface area contributed by atoms with Gasteiger partial charge in [-0.2, -0.15) is 0 Å². The van der Waals surface area contributed by atoms with Gasteiger partial charge in [-0.15, -0.1) is 0 Å². The minimum atomic E-state index is -0.167. The first kappa shape index (κ1) is 23.9. The Hall–Kier alpha value is 1.36. The molecule has 0 fully saturated rings. The maximum atomic E-state index is 8.06. The molecule has 0 amide bonds. The fraction of sp³-hybridized carbons (Fsp3) is 1.00. The Morgan fingerprint density at radius 3 is 0.538 bits per heavy atom. The zero-order chi connectivity index (χ0) is 10.7. The number of hydrogen-bond donors (Lipinski definition) is 3. The van der Waals surface area contributed by atoms with Crippen LogP contribution in [-0.2, 0) is 0 Å². The van der Waals surface area contributed by atoms with Crippen molar-refractivity contribution in [2.75, 3.05) is 0 Å². The van der Waals surface area contributed by atoms with E-state index in [-0.39, 0.29) is 63.8 Å². The quantitative estimate of drug-likeness (QED) is 0.569. The molecule has 0 atom stereocenters. The topological polar surface area (TPSA) is 60.7 Å². The molecular weight excluding hydrogens is 244 g/mol. The zero-order valence-electron chi connectivity index (χ0n) is 9.78. The molecule has 0 bridgehead atoms. The second-order valence-electron chi connectivity index (χ2n) is 3.28. The summed E-state index contributed by atoms with van der Waals surface area (Å²) in [5.41, 5.74) is 0. The summed E-state index contributed by atoms with van der Waals surface area (Å²) in [7, 11) is 0. The van der Waals surface area contributed by atoms with Crippen molar-refractivity contribution >= 4 is 45.5 Å². The van der Waals surface area contributed by atoms with Gasteiger partial charge < -0.3 is 15.3 Å². The average Bonchev–Trinajstić information content (AvgIpc) is 1.54. The molecule has 0 spiro atoms. The number of hydrogen-bond acceptors (Lipinski definition) is 3. The monoisotopic (exact) mass is 268 g/mol. The first-order chi connectivity index (χ1) is 5.20. The maximum Gasteiger partial charge on any atom is 0.0483 e. The molecule has 0 aliphatic carbocycles. The number of aliphatic hydroxyl groups is 3. The van der Waals surface area contributed by atoms with Gasteiger partial charge in [0, 0.05) is 63.8 Å². The fourth-order valence-corrected chi connectivity index (χ4v) is 0. The Bertz CT molecular complexity index is 43.4. The molecular formula is C9H24O3Sr. The van der Waals surface area contributed by atoms with E-state index in [1.54, 1.807) is 41.5 Å². The Morgan fingerprint density at radius 2 is 0.538 bits per heavy atom. The summed E-state index contributed by atoms with van der Waals surface area (Å²) in [5.74, 6) is 0. The first-order valence-electron chi connectivity index (χ1n) is 4.24. The summed E-state index contributed by atoms with van der Waals surface area (Å²) in [5, 5.41) is 24.2. The molecule has 3 nitrogen and oxygen atoms in total. The second kappa shape index (κ2) is 19.0. The van der Waals surface area contributed by atoms with Crippen LogP contribution in [0.2, 0.25) is 0 Å². The van der Waals surface area contributed by atoms with E-state index >= 15 is 0 Å². The summed E-state index contributed by atoms with van der Waals surface area (Å²) < 4.78 is 0. The van der Waals surface area contributed by atoms with Gasteiger partial charge in [0.25, 0.3) is 0 Å². The van der Waals surface area contributed by atoms with E-state index in [2.05, 4.69) is 0 Å². The van der Waals surface area contributed by atoms with Gasteiger partial charge >= 0.3 is 0 Å². The standard InChI is InChI=1S/3C3H8O.Sr/c3*1-3(2)4;/h3*3-4H,1-2H3;. The Labute approximate surface area is 119 Å². The van der Waals surface area contributed by atoms with Crippen molar-refractivity contribution < 1.29 is 15.3 Å². The van der Waals surface area contributed by atoms with Gasteiger partial charge in [-0.25, -0.2) is 0 Å². The van der Waals surface area contributed by atoms with E-state index in [0.29, 0.717) is 0 Å². The summed E-state index contributed by atoms with van der Waals surface area (Å²) in [6.07, 6.45) is -0.500. The SMILES string of the molecule is CC(C)O.CC(C)O.CC(C)O.[Sr].